The van der Waals surface area contributed by atoms with Crippen LogP contribution in [0.25, 0.3) is 0 Å². The fourth-order valence-electron chi connectivity index (χ4n) is 3.31. The lowest BCUT2D eigenvalue weighted by atomic mass is 10.0. The highest BCUT2D eigenvalue weighted by molar-refractivity contribution is 6.16. The van der Waals surface area contributed by atoms with Crippen LogP contribution in [0.2, 0.25) is 0 Å². The Labute approximate surface area is 141 Å². The van der Waals surface area contributed by atoms with Gasteiger partial charge in [-0.2, -0.15) is 0 Å². The van der Waals surface area contributed by atoms with Crippen molar-refractivity contribution in [3.05, 3.63) is 46.7 Å². The number of aliphatic imine (C=N–C) groups is 1. The Morgan fingerprint density at radius 2 is 1.92 bits per heavy atom. The molecule has 0 bridgehead atoms. The van der Waals surface area contributed by atoms with Crippen molar-refractivity contribution in [1.82, 2.24) is 15.0 Å². The summed E-state index contributed by atoms with van der Waals surface area (Å²) in [5.74, 6) is 0.921. The molecule has 0 radical (unpaired) electrons. The van der Waals surface area contributed by atoms with Gasteiger partial charge in [0.05, 0.1) is 18.0 Å². The fourth-order valence-corrected chi connectivity index (χ4v) is 3.31. The molecule has 2 aromatic rings. The largest absolute Gasteiger partial charge is 0.381 e. The van der Waals surface area contributed by atoms with Gasteiger partial charge in [0.25, 0.3) is 0 Å². The van der Waals surface area contributed by atoms with Crippen LogP contribution in [0.3, 0.4) is 0 Å². The van der Waals surface area contributed by atoms with E-state index in [0.29, 0.717) is 12.6 Å². The molecular formula is C18H21N5O. The summed E-state index contributed by atoms with van der Waals surface area (Å²) in [5, 5.41) is 3.62. The number of fused-ring (bicyclic) bond motifs is 1. The molecule has 24 heavy (non-hydrogen) atoms. The Bertz CT molecular complexity index is 796. The van der Waals surface area contributed by atoms with E-state index < -0.39 is 0 Å². The lowest BCUT2D eigenvalue weighted by Crippen LogP contribution is -2.29. The Balaban J connectivity index is 1.72. The van der Waals surface area contributed by atoms with Crippen LogP contribution in [0.4, 0.5) is 5.82 Å². The second-order valence-electron chi connectivity index (χ2n) is 6.39. The molecule has 4 heterocycles. The van der Waals surface area contributed by atoms with E-state index in [0.717, 1.165) is 60.2 Å². The zero-order chi connectivity index (χ0) is 16.5. The van der Waals surface area contributed by atoms with Gasteiger partial charge in [0.1, 0.15) is 12.1 Å². The molecule has 0 atom stereocenters. The second kappa shape index (κ2) is 6.28. The van der Waals surface area contributed by atoms with E-state index in [2.05, 4.69) is 21.4 Å². The van der Waals surface area contributed by atoms with Crippen LogP contribution >= 0.6 is 0 Å². The Hall–Kier alpha value is -2.34. The number of nitrogens with one attached hydrogen (secondary N) is 1. The molecule has 124 valence electrons. The SMILES string of the molecule is Cc1cc(C2=NCc3cc(C)nc(NC4CCOCC4)c32)ncn1. The number of rotatable bonds is 3. The molecule has 2 aliphatic heterocycles. The third-order valence-corrected chi connectivity index (χ3v) is 4.48. The van der Waals surface area contributed by atoms with E-state index >= 15 is 0 Å². The lowest BCUT2D eigenvalue weighted by Gasteiger charge is -2.25. The number of ether oxygens (including phenoxy) is 1. The molecule has 2 aliphatic rings. The highest BCUT2D eigenvalue weighted by Gasteiger charge is 2.25. The number of hydrogen-bond acceptors (Lipinski definition) is 6. The summed E-state index contributed by atoms with van der Waals surface area (Å²) in [6.45, 7) is 6.29. The van der Waals surface area contributed by atoms with Gasteiger partial charge in [0.2, 0.25) is 0 Å². The van der Waals surface area contributed by atoms with Crippen LogP contribution in [0.5, 0.6) is 0 Å². The number of pyridine rings is 1. The number of aryl methyl sites for hydroxylation is 2. The van der Waals surface area contributed by atoms with Crippen molar-refractivity contribution in [2.24, 2.45) is 4.99 Å². The van der Waals surface area contributed by atoms with Crippen LogP contribution < -0.4 is 5.32 Å². The van der Waals surface area contributed by atoms with E-state index in [1.54, 1.807) is 6.33 Å². The van der Waals surface area contributed by atoms with Crippen LogP contribution in [0, 0.1) is 13.8 Å². The molecular weight excluding hydrogens is 302 g/mol. The number of hydrogen-bond donors (Lipinski definition) is 1. The maximum Gasteiger partial charge on any atom is 0.136 e. The van der Waals surface area contributed by atoms with E-state index in [1.165, 1.54) is 5.56 Å². The van der Waals surface area contributed by atoms with E-state index in [4.69, 9.17) is 14.7 Å². The number of nitrogens with zero attached hydrogens (tertiary/aromatic N) is 4. The highest BCUT2D eigenvalue weighted by atomic mass is 16.5. The average molecular weight is 323 g/mol. The lowest BCUT2D eigenvalue weighted by molar-refractivity contribution is 0.0904. The van der Waals surface area contributed by atoms with Gasteiger partial charge in [-0.15, -0.1) is 0 Å². The van der Waals surface area contributed by atoms with E-state index in [-0.39, 0.29) is 0 Å². The third kappa shape index (κ3) is 2.89. The van der Waals surface area contributed by atoms with Gasteiger partial charge in [-0.25, -0.2) is 15.0 Å². The summed E-state index contributed by atoms with van der Waals surface area (Å²) < 4.78 is 5.46. The summed E-state index contributed by atoms with van der Waals surface area (Å²) in [7, 11) is 0. The van der Waals surface area contributed by atoms with Crippen LogP contribution in [0.1, 0.15) is 41.1 Å². The van der Waals surface area contributed by atoms with Gasteiger partial charge in [-0.05, 0) is 44.4 Å². The quantitative estimate of drug-likeness (QED) is 0.939. The van der Waals surface area contributed by atoms with Gasteiger partial charge >= 0.3 is 0 Å². The van der Waals surface area contributed by atoms with Gasteiger partial charge in [-0.1, -0.05) is 0 Å². The van der Waals surface area contributed by atoms with E-state index in [1.807, 2.05) is 19.9 Å². The number of aromatic nitrogens is 3. The Morgan fingerprint density at radius 1 is 1.08 bits per heavy atom. The van der Waals surface area contributed by atoms with Crippen molar-refractivity contribution in [1.29, 1.82) is 0 Å². The molecule has 0 aromatic carbocycles. The van der Waals surface area contributed by atoms with Crippen molar-refractivity contribution >= 4 is 11.5 Å². The van der Waals surface area contributed by atoms with Crippen molar-refractivity contribution in [3.63, 3.8) is 0 Å². The van der Waals surface area contributed by atoms with Crippen LogP contribution in [-0.2, 0) is 11.3 Å². The van der Waals surface area contributed by atoms with Crippen molar-refractivity contribution in [2.45, 2.75) is 39.3 Å². The van der Waals surface area contributed by atoms with Crippen molar-refractivity contribution in [2.75, 3.05) is 18.5 Å². The molecule has 0 unspecified atom stereocenters. The Morgan fingerprint density at radius 3 is 2.71 bits per heavy atom. The van der Waals surface area contributed by atoms with Gasteiger partial charge in [0, 0.05) is 36.2 Å². The normalized spacial score (nSPS) is 17.5. The summed E-state index contributed by atoms with van der Waals surface area (Å²) in [4.78, 5) is 18.1. The van der Waals surface area contributed by atoms with E-state index in [9.17, 15) is 0 Å². The zero-order valence-electron chi connectivity index (χ0n) is 14.0. The topological polar surface area (TPSA) is 72.3 Å². The van der Waals surface area contributed by atoms with Crippen molar-refractivity contribution < 1.29 is 4.74 Å². The summed E-state index contributed by atoms with van der Waals surface area (Å²) in [5.41, 5.74) is 6.03. The standard InChI is InChI=1S/C18H21N5O/c1-11-8-15(21-10-20-11)17-16-13(9-19-17)7-12(2)22-18(16)23-14-3-5-24-6-4-14/h7-8,10,14H,3-6,9H2,1-2H3,(H,22,23). The minimum absolute atomic E-state index is 0.395. The Kier molecular flexibility index (Phi) is 3.98. The maximum atomic E-state index is 5.46. The summed E-state index contributed by atoms with van der Waals surface area (Å²) in [6.07, 6.45) is 3.60. The predicted molar refractivity (Wildman–Crippen MR) is 92.5 cm³/mol. The summed E-state index contributed by atoms with van der Waals surface area (Å²) in [6, 6.07) is 4.49. The minimum atomic E-state index is 0.395. The molecule has 2 aromatic heterocycles. The molecule has 1 saturated heterocycles. The molecule has 0 saturated carbocycles. The van der Waals surface area contributed by atoms with Crippen molar-refractivity contribution in [3.8, 4) is 0 Å². The first-order valence-electron chi connectivity index (χ1n) is 8.39. The molecule has 1 fully saturated rings. The second-order valence-corrected chi connectivity index (χ2v) is 6.39. The highest BCUT2D eigenvalue weighted by Crippen LogP contribution is 2.30. The molecule has 1 N–H and O–H groups in total. The first-order valence-corrected chi connectivity index (χ1v) is 8.39. The monoisotopic (exact) mass is 323 g/mol. The molecule has 0 aliphatic carbocycles. The summed E-state index contributed by atoms with van der Waals surface area (Å²) >= 11 is 0. The van der Waals surface area contributed by atoms with Crippen LogP contribution in [-0.4, -0.2) is 39.9 Å². The molecule has 6 nitrogen and oxygen atoms in total. The van der Waals surface area contributed by atoms with Gasteiger partial charge in [-0.3, -0.25) is 4.99 Å². The zero-order valence-corrected chi connectivity index (χ0v) is 14.0. The van der Waals surface area contributed by atoms with Gasteiger partial charge < -0.3 is 10.1 Å². The fraction of sp³-hybridized carbons (Fsp3) is 0.444. The molecule has 0 amide bonds. The number of anilines is 1. The first kappa shape index (κ1) is 15.2. The van der Waals surface area contributed by atoms with Gasteiger partial charge in [0.15, 0.2) is 0 Å². The first-order chi connectivity index (χ1) is 11.7. The molecule has 6 heteroatoms. The minimum Gasteiger partial charge on any atom is -0.381 e. The smallest absolute Gasteiger partial charge is 0.136 e. The average Bonchev–Trinajstić information content (AvgIpc) is 3.00. The maximum absolute atomic E-state index is 5.46. The third-order valence-electron chi connectivity index (χ3n) is 4.48. The molecule has 4 rings (SSSR count). The predicted octanol–water partition coefficient (Wildman–Crippen LogP) is 2.43. The molecule has 0 spiro atoms. The van der Waals surface area contributed by atoms with Crippen LogP contribution in [0.15, 0.2) is 23.5 Å².